The van der Waals surface area contributed by atoms with Crippen LogP contribution in [0.1, 0.15) is 34.1 Å². The normalized spacial score (nSPS) is 10.6. The summed E-state index contributed by atoms with van der Waals surface area (Å²) in [4.78, 5) is 13.3. The summed E-state index contributed by atoms with van der Waals surface area (Å²) in [6, 6.07) is 14.0. The van der Waals surface area contributed by atoms with Crippen molar-refractivity contribution in [2.45, 2.75) is 20.4 Å². The molecule has 0 unspecified atom stereocenters. The summed E-state index contributed by atoms with van der Waals surface area (Å²) in [5.74, 6) is -0.0571. The van der Waals surface area contributed by atoms with Crippen LogP contribution in [0.5, 0.6) is 5.88 Å². The van der Waals surface area contributed by atoms with Crippen LogP contribution in [0, 0.1) is 6.92 Å². The first-order valence-corrected chi connectivity index (χ1v) is 9.93. The van der Waals surface area contributed by atoms with Crippen LogP contribution in [0.4, 0.5) is 0 Å². The first-order chi connectivity index (χ1) is 13.8. The second-order valence-electron chi connectivity index (χ2n) is 6.59. The highest BCUT2D eigenvalue weighted by atomic mass is 35.5. The number of aromatic nitrogens is 2. The van der Waals surface area contributed by atoms with Gasteiger partial charge >= 0.3 is 0 Å². The van der Waals surface area contributed by atoms with E-state index in [1.807, 2.05) is 37.3 Å². The first-order valence-electron chi connectivity index (χ1n) is 8.76. The zero-order valence-electron chi connectivity index (χ0n) is 15.9. The van der Waals surface area contributed by atoms with E-state index in [9.17, 15) is 4.79 Å². The number of benzene rings is 2. The maximum atomic E-state index is 13.3. The van der Waals surface area contributed by atoms with Gasteiger partial charge in [-0.25, -0.2) is 4.68 Å². The molecular weight excluding hydrogens is 427 g/mol. The molecule has 0 N–H and O–H groups in total. The van der Waals surface area contributed by atoms with Gasteiger partial charge in [-0.05, 0) is 44.3 Å². The number of carbonyl (C=O) groups is 1. The van der Waals surface area contributed by atoms with Crippen molar-refractivity contribution in [2.75, 3.05) is 0 Å². The molecule has 0 aliphatic carbocycles. The number of ether oxygens (including phenoxy) is 1. The quantitative estimate of drug-likeness (QED) is 0.263. The Labute approximate surface area is 184 Å². The average molecular weight is 445 g/mol. The average Bonchev–Trinajstić information content (AvgIpc) is 2.96. The Balaban J connectivity index is 2.08. The van der Waals surface area contributed by atoms with Crippen molar-refractivity contribution in [3.8, 4) is 5.88 Å². The zero-order valence-corrected chi connectivity index (χ0v) is 18.2. The number of allylic oxidation sites excluding steroid dienone is 1. The van der Waals surface area contributed by atoms with Crippen LogP contribution in [0.2, 0.25) is 10.0 Å². The van der Waals surface area contributed by atoms with Crippen LogP contribution >= 0.6 is 35.4 Å². The molecule has 0 saturated carbocycles. The summed E-state index contributed by atoms with van der Waals surface area (Å²) in [6.07, 6.45) is 0. The number of thiocarbonyl (C=S) groups is 1. The Kier molecular flexibility index (Phi) is 6.52. The van der Waals surface area contributed by atoms with Crippen molar-refractivity contribution < 1.29 is 9.53 Å². The van der Waals surface area contributed by atoms with E-state index in [1.165, 1.54) is 6.07 Å². The Hall–Kier alpha value is -2.47. The Morgan fingerprint density at radius 3 is 2.52 bits per heavy atom. The minimum absolute atomic E-state index is 0.240. The van der Waals surface area contributed by atoms with Crippen molar-refractivity contribution in [3.05, 3.63) is 93.1 Å². The number of carbonyl (C=O) groups excluding carboxylic acids is 1. The number of rotatable bonds is 6. The van der Waals surface area contributed by atoms with E-state index < -0.39 is 0 Å². The minimum Gasteiger partial charge on any atom is -0.426 e. The van der Waals surface area contributed by atoms with E-state index >= 15 is 0 Å². The van der Waals surface area contributed by atoms with E-state index in [2.05, 4.69) is 11.7 Å². The molecular formula is C22H18Cl2N2O2S. The van der Waals surface area contributed by atoms with Crippen molar-refractivity contribution in [1.82, 2.24) is 9.78 Å². The number of nitrogens with zero attached hydrogens (tertiary/aromatic N) is 2. The summed E-state index contributed by atoms with van der Waals surface area (Å²) < 4.78 is 7.58. The predicted molar refractivity (Wildman–Crippen MR) is 120 cm³/mol. The molecule has 4 nitrogen and oxygen atoms in total. The summed E-state index contributed by atoms with van der Waals surface area (Å²) in [7, 11) is 0. The molecule has 0 aliphatic rings. The first kappa shape index (κ1) is 21.2. The molecule has 0 fully saturated rings. The maximum Gasteiger partial charge on any atom is 0.231 e. The predicted octanol–water partition coefficient (Wildman–Crippen LogP) is 6.06. The number of ketones is 1. The molecule has 0 atom stereocenters. The highest BCUT2D eigenvalue weighted by Gasteiger charge is 2.27. The van der Waals surface area contributed by atoms with E-state index in [4.69, 9.17) is 40.2 Å². The fourth-order valence-electron chi connectivity index (χ4n) is 2.82. The molecule has 0 bridgehead atoms. The van der Waals surface area contributed by atoms with Gasteiger partial charge in [0.1, 0.15) is 5.56 Å². The molecule has 7 heteroatoms. The van der Waals surface area contributed by atoms with Crippen molar-refractivity contribution in [2.24, 2.45) is 0 Å². The molecule has 0 radical (unpaired) electrons. The van der Waals surface area contributed by atoms with Gasteiger partial charge < -0.3 is 4.74 Å². The largest absolute Gasteiger partial charge is 0.426 e. The third-order valence-electron chi connectivity index (χ3n) is 4.10. The number of halogens is 2. The summed E-state index contributed by atoms with van der Waals surface area (Å²) in [5, 5.41) is 5.42. The second-order valence-corrected chi connectivity index (χ2v) is 7.80. The maximum absolute atomic E-state index is 13.3. The van der Waals surface area contributed by atoms with E-state index in [1.54, 1.807) is 23.7 Å². The number of hydrogen-bond acceptors (Lipinski definition) is 4. The van der Waals surface area contributed by atoms with Crippen LogP contribution in [0.3, 0.4) is 0 Å². The molecule has 3 aromatic rings. The van der Waals surface area contributed by atoms with Crippen LogP contribution in [0.25, 0.3) is 0 Å². The minimum atomic E-state index is -0.317. The molecule has 148 valence electrons. The van der Waals surface area contributed by atoms with Gasteiger partial charge in [0.05, 0.1) is 17.3 Å². The van der Waals surface area contributed by atoms with Crippen molar-refractivity contribution in [3.63, 3.8) is 0 Å². The van der Waals surface area contributed by atoms with Gasteiger partial charge in [0, 0.05) is 16.1 Å². The highest BCUT2D eigenvalue weighted by molar-refractivity contribution is 7.80. The molecule has 1 heterocycles. The van der Waals surface area contributed by atoms with E-state index in [-0.39, 0.29) is 21.7 Å². The van der Waals surface area contributed by atoms with Crippen LogP contribution in [0.15, 0.2) is 60.7 Å². The van der Waals surface area contributed by atoms with Crippen LogP contribution < -0.4 is 4.74 Å². The summed E-state index contributed by atoms with van der Waals surface area (Å²) in [6.45, 7) is 7.92. The molecule has 0 spiro atoms. The molecule has 2 aromatic carbocycles. The highest BCUT2D eigenvalue weighted by Crippen LogP contribution is 2.30. The second kappa shape index (κ2) is 8.91. The SMILES string of the molecule is C=C(C)Cn1nc(C)c(C(=O)c2ccc(Cl)cc2Cl)c1OC(=S)c1ccccc1. The fourth-order valence-corrected chi connectivity index (χ4v) is 3.53. The van der Waals surface area contributed by atoms with E-state index in [0.717, 1.165) is 11.1 Å². The van der Waals surface area contributed by atoms with Gasteiger partial charge in [0.25, 0.3) is 0 Å². The molecule has 1 aromatic heterocycles. The summed E-state index contributed by atoms with van der Waals surface area (Å²) >= 11 is 17.7. The third-order valence-corrected chi connectivity index (χ3v) is 4.97. The molecule has 3 rings (SSSR count). The van der Waals surface area contributed by atoms with Gasteiger partial charge in [0.15, 0.2) is 5.05 Å². The monoisotopic (exact) mass is 444 g/mol. The van der Waals surface area contributed by atoms with Gasteiger partial charge in [-0.1, -0.05) is 65.7 Å². The standard InChI is InChI=1S/C22H18Cl2N2O2S/c1-13(2)12-26-21(28-22(29)15-7-5-4-6-8-15)19(14(3)25-26)20(27)17-10-9-16(23)11-18(17)24/h4-11H,1,12H2,2-3H3. The molecule has 0 saturated heterocycles. The lowest BCUT2D eigenvalue weighted by Gasteiger charge is -2.12. The van der Waals surface area contributed by atoms with E-state index in [0.29, 0.717) is 28.4 Å². The smallest absolute Gasteiger partial charge is 0.231 e. The summed E-state index contributed by atoms with van der Waals surface area (Å²) in [5.41, 5.74) is 2.70. The van der Waals surface area contributed by atoms with Crippen molar-refractivity contribution >= 4 is 46.3 Å². The lowest BCUT2D eigenvalue weighted by molar-refractivity contribution is 0.103. The molecule has 0 aliphatic heterocycles. The fraction of sp³-hybridized carbons (Fsp3) is 0.136. The lowest BCUT2D eigenvalue weighted by Crippen LogP contribution is -2.14. The van der Waals surface area contributed by atoms with Gasteiger partial charge in [-0.15, -0.1) is 0 Å². The molecule has 0 amide bonds. The van der Waals surface area contributed by atoms with Crippen LogP contribution in [-0.2, 0) is 6.54 Å². The third kappa shape index (κ3) is 4.75. The van der Waals surface area contributed by atoms with Crippen LogP contribution in [-0.4, -0.2) is 20.6 Å². The Morgan fingerprint density at radius 1 is 1.21 bits per heavy atom. The zero-order chi connectivity index (χ0) is 21.1. The number of hydrogen-bond donors (Lipinski definition) is 0. The van der Waals surface area contributed by atoms with Gasteiger partial charge in [-0.3, -0.25) is 4.79 Å². The van der Waals surface area contributed by atoms with Crippen molar-refractivity contribution in [1.29, 1.82) is 0 Å². The Bertz CT molecular complexity index is 1110. The Morgan fingerprint density at radius 2 is 1.90 bits per heavy atom. The molecule has 29 heavy (non-hydrogen) atoms. The van der Waals surface area contributed by atoms with Gasteiger partial charge in [0.2, 0.25) is 11.7 Å². The van der Waals surface area contributed by atoms with Gasteiger partial charge in [-0.2, -0.15) is 5.10 Å². The lowest BCUT2D eigenvalue weighted by atomic mass is 10.0. The number of aryl methyl sites for hydroxylation is 1. The topological polar surface area (TPSA) is 44.1 Å².